The monoisotopic (exact) mass is 274 g/mol. The average molecular weight is 274 g/mol. The van der Waals surface area contributed by atoms with Crippen molar-refractivity contribution in [3.8, 4) is 23.5 Å². The van der Waals surface area contributed by atoms with Gasteiger partial charge in [-0.2, -0.15) is 9.97 Å². The molecule has 20 heavy (non-hydrogen) atoms. The maximum atomic E-state index is 5.33. The summed E-state index contributed by atoms with van der Waals surface area (Å²) in [6.45, 7) is 0. The minimum absolute atomic E-state index is 0.497. The molecule has 0 bridgehead atoms. The van der Waals surface area contributed by atoms with Gasteiger partial charge in [0.15, 0.2) is 0 Å². The van der Waals surface area contributed by atoms with Gasteiger partial charge >= 0.3 is 0 Å². The summed E-state index contributed by atoms with van der Waals surface area (Å²) < 4.78 is 21.0. The quantitative estimate of drug-likeness (QED) is 0.716. The maximum absolute atomic E-state index is 5.33. The van der Waals surface area contributed by atoms with Crippen LogP contribution in [0.4, 0.5) is 0 Å². The van der Waals surface area contributed by atoms with Gasteiger partial charge < -0.3 is 18.9 Å². The molecule has 0 saturated heterocycles. The third kappa shape index (κ3) is 1.57. The lowest BCUT2D eigenvalue weighted by Crippen LogP contribution is -2.04. The Labute approximate surface area is 114 Å². The molecule has 1 aliphatic carbocycles. The maximum Gasteiger partial charge on any atom is 0.225 e. The first-order valence-corrected chi connectivity index (χ1v) is 6.00. The number of aromatic nitrogens is 2. The van der Waals surface area contributed by atoms with E-state index < -0.39 is 0 Å². The summed E-state index contributed by atoms with van der Waals surface area (Å²) in [5, 5.41) is 3.75. The molecule has 3 rings (SSSR count). The fraction of sp³-hybridized carbons (Fsp3) is 0.286. The number of methoxy groups -OCH3 is 4. The third-order valence-corrected chi connectivity index (χ3v) is 3.27. The second-order valence-electron chi connectivity index (χ2n) is 4.19. The molecule has 0 aromatic carbocycles. The van der Waals surface area contributed by atoms with Gasteiger partial charge in [0, 0.05) is 22.6 Å². The van der Waals surface area contributed by atoms with Crippen molar-refractivity contribution in [3.63, 3.8) is 0 Å². The predicted octanol–water partition coefficient (Wildman–Crippen LogP) is 1.40. The Kier molecular flexibility index (Phi) is 2.85. The van der Waals surface area contributed by atoms with Crippen molar-refractivity contribution in [1.29, 1.82) is 0 Å². The van der Waals surface area contributed by atoms with E-state index in [-0.39, 0.29) is 0 Å². The van der Waals surface area contributed by atoms with Gasteiger partial charge in [0.1, 0.15) is 0 Å². The second kappa shape index (κ2) is 4.56. The van der Waals surface area contributed by atoms with E-state index in [1.807, 2.05) is 12.1 Å². The molecular weight excluding hydrogens is 260 g/mol. The number of ether oxygens (including phenoxy) is 4. The van der Waals surface area contributed by atoms with Gasteiger partial charge in [-0.05, 0) is 0 Å². The number of fused-ring (bicyclic) bond motifs is 2. The van der Waals surface area contributed by atoms with Gasteiger partial charge in [-0.15, -0.1) is 0 Å². The predicted molar refractivity (Wildman–Crippen MR) is 70.0 cm³/mol. The molecule has 2 heterocycles. The van der Waals surface area contributed by atoms with Crippen LogP contribution in [-0.4, -0.2) is 38.4 Å². The second-order valence-corrected chi connectivity index (χ2v) is 4.19. The van der Waals surface area contributed by atoms with Crippen LogP contribution in [0.5, 0.6) is 23.5 Å². The highest BCUT2D eigenvalue weighted by atomic mass is 16.5. The molecule has 0 unspecified atom stereocenters. The molecular formula is C14H14N2O4. The zero-order valence-corrected chi connectivity index (χ0v) is 11.7. The van der Waals surface area contributed by atoms with Gasteiger partial charge in [-0.3, -0.25) is 0 Å². The summed E-state index contributed by atoms with van der Waals surface area (Å²) in [7, 11) is 6.29. The summed E-state index contributed by atoms with van der Waals surface area (Å²) in [4.78, 5) is 8.56. The molecule has 0 amide bonds. The molecule has 0 aliphatic heterocycles. The Balaban J connectivity index is 2.47. The van der Waals surface area contributed by atoms with E-state index in [0.29, 0.717) is 23.5 Å². The summed E-state index contributed by atoms with van der Waals surface area (Å²) in [6, 6.07) is 3.72. The smallest absolute Gasteiger partial charge is 0.225 e. The van der Waals surface area contributed by atoms with Gasteiger partial charge in [0.05, 0.1) is 38.9 Å². The first kappa shape index (κ1) is 12.5. The van der Waals surface area contributed by atoms with Crippen LogP contribution in [0.1, 0.15) is 0 Å². The minimum Gasteiger partial charge on any atom is -0.481 e. The minimum atomic E-state index is 0.497. The van der Waals surface area contributed by atoms with Crippen molar-refractivity contribution in [1.82, 2.24) is 9.97 Å². The van der Waals surface area contributed by atoms with Crippen molar-refractivity contribution < 1.29 is 18.9 Å². The molecule has 2 aromatic heterocycles. The molecule has 1 aliphatic rings. The Hall–Kier alpha value is -2.50. The first-order valence-electron chi connectivity index (χ1n) is 6.00. The van der Waals surface area contributed by atoms with E-state index in [9.17, 15) is 0 Å². The lowest BCUT2D eigenvalue weighted by atomic mass is 10.0. The summed E-state index contributed by atoms with van der Waals surface area (Å²) in [5.74, 6) is 2.00. The Morgan fingerprint density at radius 2 is 1.05 bits per heavy atom. The molecule has 2 aromatic rings. The first-order chi connectivity index (χ1) is 9.73. The van der Waals surface area contributed by atoms with Crippen LogP contribution in [0.25, 0.3) is 0 Å². The van der Waals surface area contributed by atoms with Crippen molar-refractivity contribution in [2.24, 2.45) is 0 Å². The van der Waals surface area contributed by atoms with Gasteiger partial charge in [-0.1, -0.05) is 0 Å². The topological polar surface area (TPSA) is 62.7 Å². The van der Waals surface area contributed by atoms with E-state index in [1.165, 1.54) is 0 Å². The van der Waals surface area contributed by atoms with Gasteiger partial charge in [-0.25, -0.2) is 0 Å². The summed E-state index contributed by atoms with van der Waals surface area (Å²) in [5.41, 5.74) is 0. The highest BCUT2D eigenvalue weighted by Crippen LogP contribution is 2.29. The Bertz CT molecular complexity index is 793. The summed E-state index contributed by atoms with van der Waals surface area (Å²) in [6.07, 6.45) is 0. The average Bonchev–Trinajstić information content (AvgIpc) is 2.50. The molecule has 0 radical (unpaired) electrons. The molecule has 6 heteroatoms. The lowest BCUT2D eigenvalue weighted by molar-refractivity contribution is 0.354. The van der Waals surface area contributed by atoms with Crippen molar-refractivity contribution >= 4 is 0 Å². The van der Waals surface area contributed by atoms with E-state index in [2.05, 4.69) is 9.97 Å². The molecule has 104 valence electrons. The summed E-state index contributed by atoms with van der Waals surface area (Å²) >= 11 is 0. The third-order valence-electron chi connectivity index (χ3n) is 3.27. The van der Waals surface area contributed by atoms with E-state index in [0.717, 1.165) is 20.9 Å². The zero-order valence-electron chi connectivity index (χ0n) is 11.7. The highest BCUT2D eigenvalue weighted by Gasteiger charge is 2.17. The van der Waals surface area contributed by atoms with Crippen LogP contribution in [0.2, 0.25) is 0 Å². The van der Waals surface area contributed by atoms with Crippen LogP contribution in [0.15, 0.2) is 12.1 Å². The highest BCUT2D eigenvalue weighted by molar-refractivity contribution is 5.41. The molecule has 0 spiro atoms. The number of rotatable bonds is 4. The number of nitrogens with zero attached hydrogens (tertiary/aromatic N) is 2. The molecule has 0 atom stereocenters. The van der Waals surface area contributed by atoms with Crippen molar-refractivity contribution in [3.05, 3.63) is 33.0 Å². The van der Waals surface area contributed by atoms with Crippen LogP contribution in [0.3, 0.4) is 0 Å². The van der Waals surface area contributed by atoms with Crippen LogP contribution < -0.4 is 18.9 Å². The van der Waals surface area contributed by atoms with E-state index in [1.54, 1.807) is 28.4 Å². The Morgan fingerprint density at radius 1 is 0.650 bits per heavy atom. The number of pyridine rings is 2. The SMILES string of the molecule is COc1cc2c(c(OC)n1)=c1c(OC)nc(OC)cc1=2. The van der Waals surface area contributed by atoms with Gasteiger partial charge in [0.25, 0.3) is 0 Å². The molecule has 0 N–H and O–H groups in total. The molecule has 6 nitrogen and oxygen atoms in total. The van der Waals surface area contributed by atoms with Crippen molar-refractivity contribution in [2.75, 3.05) is 28.4 Å². The fourth-order valence-corrected chi connectivity index (χ4v) is 2.35. The van der Waals surface area contributed by atoms with Crippen molar-refractivity contribution in [2.45, 2.75) is 0 Å². The normalized spacial score (nSPS) is 11.0. The number of hydrogen-bond acceptors (Lipinski definition) is 6. The van der Waals surface area contributed by atoms with E-state index in [4.69, 9.17) is 18.9 Å². The van der Waals surface area contributed by atoms with E-state index >= 15 is 0 Å². The lowest BCUT2D eigenvalue weighted by Gasteiger charge is -2.13. The fourth-order valence-electron chi connectivity index (χ4n) is 2.35. The largest absolute Gasteiger partial charge is 0.481 e. The molecule has 0 fully saturated rings. The van der Waals surface area contributed by atoms with Crippen LogP contribution in [-0.2, 0) is 0 Å². The zero-order chi connectivity index (χ0) is 14.3. The molecule has 0 saturated carbocycles. The van der Waals surface area contributed by atoms with Crippen LogP contribution >= 0.6 is 0 Å². The standard InChI is InChI=1S/C14H14N2O4/c1-17-9-5-7-8-6-10(18-2)16-14(20-4)12(8)11(7)13(15-9)19-3/h5-6H,1-4H3. The van der Waals surface area contributed by atoms with Crippen LogP contribution in [0, 0.1) is 20.9 Å². The van der Waals surface area contributed by atoms with Gasteiger partial charge in [0.2, 0.25) is 23.5 Å². The Morgan fingerprint density at radius 3 is 1.35 bits per heavy atom. The number of hydrogen-bond donors (Lipinski definition) is 0.